The molecule has 3 rings (SSSR count). The van der Waals surface area contributed by atoms with Crippen LogP contribution in [-0.4, -0.2) is 20.1 Å². The van der Waals surface area contributed by atoms with Crippen molar-refractivity contribution in [3.8, 4) is 11.4 Å². The molecule has 0 saturated heterocycles. The zero-order valence-corrected chi connectivity index (χ0v) is 17.3. The number of hydrogen-bond donors (Lipinski definition) is 1. The Labute approximate surface area is 179 Å². The molecule has 0 aliphatic carbocycles. The summed E-state index contributed by atoms with van der Waals surface area (Å²) in [4.78, 5) is 12.4. The van der Waals surface area contributed by atoms with E-state index in [2.05, 4.69) is 15.0 Å². The van der Waals surface area contributed by atoms with Crippen molar-refractivity contribution in [2.75, 3.05) is 0 Å². The molecule has 136 valence electrons. The molecule has 0 aliphatic heterocycles. The average molecular weight is 472 g/mol. The van der Waals surface area contributed by atoms with E-state index in [1.165, 1.54) is 0 Å². The Bertz CT molecular complexity index is 936. The summed E-state index contributed by atoms with van der Waals surface area (Å²) in [6.45, 7) is -0.114. The maximum Gasteiger partial charge on any atom is 0.250 e. The van der Waals surface area contributed by atoms with Gasteiger partial charge in [-0.15, -0.1) is 0 Å². The lowest BCUT2D eigenvalue weighted by Crippen LogP contribution is -2.16. The molecule has 0 radical (unpaired) electrons. The topological polar surface area (TPSA) is 58.9 Å². The first kappa shape index (κ1) is 20.2. The van der Waals surface area contributed by atoms with Crippen LogP contribution in [0.4, 0.5) is 0 Å². The van der Waals surface area contributed by atoms with Gasteiger partial charge in [-0.3, -0.25) is 0 Å². The molecule has 0 amide bonds. The van der Waals surface area contributed by atoms with Crippen molar-refractivity contribution in [3.05, 3.63) is 53.6 Å². The first-order valence-corrected chi connectivity index (χ1v) is 9.40. The third-order valence-corrected chi connectivity index (χ3v) is 4.58. The third kappa shape index (κ3) is 4.12. The second kappa shape index (κ2) is 7.44. The van der Waals surface area contributed by atoms with Crippen molar-refractivity contribution in [2.24, 2.45) is 0 Å². The van der Waals surface area contributed by atoms with Crippen molar-refractivity contribution in [1.82, 2.24) is 15.0 Å². The fourth-order valence-corrected chi connectivity index (χ4v) is 2.95. The summed E-state index contributed by atoms with van der Waals surface area (Å²) in [6, 6.07) is 10.9. The van der Waals surface area contributed by atoms with Crippen LogP contribution in [0.2, 0.25) is 0 Å². The molecule has 0 spiro atoms. The van der Waals surface area contributed by atoms with Gasteiger partial charge >= 0.3 is 0 Å². The molecule has 2 aromatic carbocycles. The summed E-state index contributed by atoms with van der Waals surface area (Å²) >= 11 is 35.5. The summed E-state index contributed by atoms with van der Waals surface area (Å²) < 4.78 is -3.85. The van der Waals surface area contributed by atoms with Gasteiger partial charge in [-0.05, 0) is 16.3 Å². The highest BCUT2D eigenvalue weighted by Gasteiger charge is 2.34. The lowest BCUT2D eigenvalue weighted by atomic mass is 9.99. The van der Waals surface area contributed by atoms with Gasteiger partial charge in [0.15, 0.2) is 17.5 Å². The number of hydrogen-bond acceptors (Lipinski definition) is 4. The molecule has 1 aromatic heterocycles. The number of aliphatic hydroxyl groups excluding tert-OH is 1. The van der Waals surface area contributed by atoms with Gasteiger partial charge in [-0.25, -0.2) is 15.0 Å². The van der Waals surface area contributed by atoms with Gasteiger partial charge in [0.05, 0.1) is 6.61 Å². The number of fused-ring (bicyclic) bond motifs is 1. The molecule has 26 heavy (non-hydrogen) atoms. The SMILES string of the molecule is OCc1ccc(-c2nc(C(Cl)(Cl)Cl)nc(C(Cl)(Cl)Cl)n2)c2ccccc12. The van der Waals surface area contributed by atoms with E-state index in [0.717, 1.165) is 16.3 Å². The molecule has 0 fully saturated rings. The molecule has 4 nitrogen and oxygen atoms in total. The molecule has 1 N–H and O–H groups in total. The average Bonchev–Trinajstić information content (AvgIpc) is 2.59. The van der Waals surface area contributed by atoms with Crippen LogP contribution in [0.25, 0.3) is 22.2 Å². The van der Waals surface area contributed by atoms with Crippen LogP contribution >= 0.6 is 69.6 Å². The van der Waals surface area contributed by atoms with Crippen molar-refractivity contribution < 1.29 is 5.11 Å². The van der Waals surface area contributed by atoms with E-state index >= 15 is 0 Å². The standard InChI is InChI=1S/C16H9Cl6N3O/c17-15(18,19)13-23-12(24-14(25-13)16(20,21)22)11-6-5-8(7-26)9-3-1-2-4-10(9)11/h1-6,26H,7H2. The second-order valence-corrected chi connectivity index (χ2v) is 9.84. The number of rotatable bonds is 2. The first-order valence-electron chi connectivity index (χ1n) is 7.13. The van der Waals surface area contributed by atoms with Crippen molar-refractivity contribution in [1.29, 1.82) is 0 Å². The lowest BCUT2D eigenvalue weighted by Gasteiger charge is -2.16. The zero-order chi connectivity index (χ0) is 19.1. The van der Waals surface area contributed by atoms with Crippen LogP contribution < -0.4 is 0 Å². The highest BCUT2D eigenvalue weighted by atomic mass is 35.6. The Balaban J connectivity index is 2.32. The summed E-state index contributed by atoms with van der Waals surface area (Å²) in [5, 5.41) is 11.2. The minimum Gasteiger partial charge on any atom is -0.392 e. The fraction of sp³-hybridized carbons (Fsp3) is 0.188. The van der Waals surface area contributed by atoms with E-state index in [1.54, 1.807) is 12.1 Å². The molecular weight excluding hydrogens is 463 g/mol. The molecule has 0 atom stereocenters. The zero-order valence-electron chi connectivity index (χ0n) is 12.7. The molecule has 0 unspecified atom stereocenters. The molecule has 1 heterocycles. The van der Waals surface area contributed by atoms with E-state index < -0.39 is 7.59 Å². The van der Waals surface area contributed by atoms with Crippen LogP contribution in [0.3, 0.4) is 0 Å². The van der Waals surface area contributed by atoms with Crippen molar-refractivity contribution in [2.45, 2.75) is 14.2 Å². The molecule has 0 saturated carbocycles. The second-order valence-electron chi connectivity index (χ2n) is 5.28. The number of aromatic nitrogens is 3. The van der Waals surface area contributed by atoms with Crippen LogP contribution in [0.5, 0.6) is 0 Å². The van der Waals surface area contributed by atoms with Gasteiger partial charge in [-0.2, -0.15) is 0 Å². The van der Waals surface area contributed by atoms with Crippen LogP contribution in [-0.2, 0) is 14.2 Å². The molecular formula is C16H9Cl6N3O. The largest absolute Gasteiger partial charge is 0.392 e. The molecule has 3 aromatic rings. The molecule has 0 aliphatic rings. The van der Waals surface area contributed by atoms with E-state index in [9.17, 15) is 5.11 Å². The maximum absolute atomic E-state index is 9.55. The Kier molecular flexibility index (Phi) is 5.76. The van der Waals surface area contributed by atoms with E-state index in [4.69, 9.17) is 69.6 Å². The van der Waals surface area contributed by atoms with Gasteiger partial charge < -0.3 is 5.11 Å². The first-order chi connectivity index (χ1) is 12.1. The lowest BCUT2D eigenvalue weighted by molar-refractivity contribution is 0.283. The fourth-order valence-electron chi connectivity index (χ4n) is 2.44. The molecule has 10 heteroatoms. The van der Waals surface area contributed by atoms with Crippen LogP contribution in [0, 0.1) is 0 Å². The monoisotopic (exact) mass is 469 g/mol. The predicted molar refractivity (Wildman–Crippen MR) is 107 cm³/mol. The quantitative estimate of drug-likeness (QED) is 0.477. The van der Waals surface area contributed by atoms with Gasteiger partial charge in [0.25, 0.3) is 0 Å². The predicted octanol–water partition coefficient (Wildman–Crippen LogP) is 5.84. The van der Waals surface area contributed by atoms with Crippen molar-refractivity contribution in [3.63, 3.8) is 0 Å². The number of alkyl halides is 6. The van der Waals surface area contributed by atoms with E-state index in [1.807, 2.05) is 24.3 Å². The van der Waals surface area contributed by atoms with Crippen LogP contribution in [0.15, 0.2) is 36.4 Å². The Morgan fingerprint density at radius 1 is 0.731 bits per heavy atom. The Hall–Kier alpha value is -0.590. The Morgan fingerprint density at radius 2 is 1.27 bits per heavy atom. The highest BCUT2D eigenvalue weighted by molar-refractivity contribution is 6.67. The summed E-state index contributed by atoms with van der Waals surface area (Å²) in [7, 11) is 0. The van der Waals surface area contributed by atoms with Gasteiger partial charge in [0.1, 0.15) is 0 Å². The maximum atomic E-state index is 9.55. The van der Waals surface area contributed by atoms with Gasteiger partial charge in [0.2, 0.25) is 7.59 Å². The van der Waals surface area contributed by atoms with Gasteiger partial charge in [-0.1, -0.05) is 106 Å². The highest BCUT2D eigenvalue weighted by Crippen LogP contribution is 2.41. The smallest absolute Gasteiger partial charge is 0.250 e. The van der Waals surface area contributed by atoms with Crippen LogP contribution in [0.1, 0.15) is 17.2 Å². The summed E-state index contributed by atoms with van der Waals surface area (Å²) in [5.41, 5.74) is 1.37. The minimum atomic E-state index is -1.93. The third-order valence-electron chi connectivity index (χ3n) is 3.57. The molecule has 0 bridgehead atoms. The van der Waals surface area contributed by atoms with E-state index in [-0.39, 0.29) is 24.1 Å². The number of halogens is 6. The Morgan fingerprint density at radius 3 is 1.77 bits per heavy atom. The normalized spacial score (nSPS) is 12.6. The summed E-state index contributed by atoms with van der Waals surface area (Å²) in [5.74, 6) is -0.142. The number of benzene rings is 2. The number of aliphatic hydroxyl groups is 1. The minimum absolute atomic E-state index is 0.114. The van der Waals surface area contributed by atoms with E-state index in [0.29, 0.717) is 5.56 Å². The summed E-state index contributed by atoms with van der Waals surface area (Å²) in [6.07, 6.45) is 0. The number of nitrogens with zero attached hydrogens (tertiary/aromatic N) is 3. The van der Waals surface area contributed by atoms with Crippen molar-refractivity contribution >= 4 is 80.4 Å². The van der Waals surface area contributed by atoms with Gasteiger partial charge in [0, 0.05) is 5.56 Å².